The van der Waals surface area contributed by atoms with Gasteiger partial charge in [-0.05, 0) is 24.6 Å². The predicted octanol–water partition coefficient (Wildman–Crippen LogP) is 2.55. The molecule has 1 aromatic rings. The van der Waals surface area contributed by atoms with Gasteiger partial charge >= 0.3 is 0 Å². The molecule has 0 radical (unpaired) electrons. The fourth-order valence-corrected chi connectivity index (χ4v) is 1.75. The number of unbranched alkanes of at least 4 members (excludes halogenated alkanes) is 2. The predicted molar refractivity (Wildman–Crippen MR) is 71.7 cm³/mol. The van der Waals surface area contributed by atoms with Gasteiger partial charge in [-0.3, -0.25) is 0 Å². The molecule has 0 saturated heterocycles. The minimum absolute atomic E-state index is 0.0888. The summed E-state index contributed by atoms with van der Waals surface area (Å²) in [5.41, 5.74) is 6.31. The zero-order chi connectivity index (χ0) is 13.5. The van der Waals surface area contributed by atoms with Gasteiger partial charge < -0.3 is 15.8 Å². The Morgan fingerprint density at radius 2 is 2.17 bits per heavy atom. The maximum atomic E-state index is 13.9. The number of hydrogen-bond acceptors (Lipinski definition) is 3. The van der Waals surface area contributed by atoms with E-state index in [1.807, 2.05) is 11.9 Å². The van der Waals surface area contributed by atoms with Crippen LogP contribution in [0.1, 0.15) is 31.7 Å². The minimum Gasteiger partial charge on any atom is -0.409 e. The van der Waals surface area contributed by atoms with E-state index in [2.05, 4.69) is 12.1 Å². The van der Waals surface area contributed by atoms with E-state index in [0.717, 1.165) is 25.8 Å². The summed E-state index contributed by atoms with van der Waals surface area (Å²) in [5, 5.41) is 11.4. The third-order valence-electron chi connectivity index (χ3n) is 2.86. The lowest BCUT2D eigenvalue weighted by atomic mass is 10.1. The van der Waals surface area contributed by atoms with Crippen molar-refractivity contribution in [2.75, 3.05) is 18.5 Å². The maximum Gasteiger partial charge on any atom is 0.170 e. The van der Waals surface area contributed by atoms with E-state index in [0.29, 0.717) is 11.3 Å². The summed E-state index contributed by atoms with van der Waals surface area (Å²) in [6, 6.07) is 4.57. The molecular formula is C13H20FN3O. The molecule has 3 N–H and O–H groups in total. The average Bonchev–Trinajstić information content (AvgIpc) is 2.37. The summed E-state index contributed by atoms with van der Waals surface area (Å²) in [6.45, 7) is 2.94. The summed E-state index contributed by atoms with van der Waals surface area (Å²) < 4.78 is 13.9. The molecule has 0 bridgehead atoms. The van der Waals surface area contributed by atoms with Crippen LogP contribution in [0.3, 0.4) is 0 Å². The van der Waals surface area contributed by atoms with Gasteiger partial charge in [-0.1, -0.05) is 24.9 Å². The molecule has 4 nitrogen and oxygen atoms in total. The molecule has 0 heterocycles. The van der Waals surface area contributed by atoms with Crippen molar-refractivity contribution < 1.29 is 9.60 Å². The number of amidine groups is 1. The van der Waals surface area contributed by atoms with E-state index in [9.17, 15) is 4.39 Å². The highest BCUT2D eigenvalue weighted by Crippen LogP contribution is 2.20. The van der Waals surface area contributed by atoms with E-state index in [-0.39, 0.29) is 11.7 Å². The highest BCUT2D eigenvalue weighted by Gasteiger charge is 2.09. The van der Waals surface area contributed by atoms with Crippen LogP contribution < -0.4 is 10.6 Å². The molecule has 0 spiro atoms. The second-order valence-corrected chi connectivity index (χ2v) is 4.28. The fraction of sp³-hybridized carbons (Fsp3) is 0.462. The van der Waals surface area contributed by atoms with Crippen LogP contribution in [0.4, 0.5) is 10.1 Å². The molecule has 0 saturated carbocycles. The van der Waals surface area contributed by atoms with E-state index >= 15 is 0 Å². The Morgan fingerprint density at radius 1 is 1.44 bits per heavy atom. The molecule has 100 valence electrons. The first-order valence-corrected chi connectivity index (χ1v) is 6.08. The van der Waals surface area contributed by atoms with Crippen LogP contribution in [-0.2, 0) is 0 Å². The van der Waals surface area contributed by atoms with Crippen LogP contribution in [0, 0.1) is 5.82 Å². The van der Waals surface area contributed by atoms with Crippen molar-refractivity contribution in [2.24, 2.45) is 10.9 Å². The Balaban J connectivity index is 2.78. The molecule has 0 aliphatic heterocycles. The monoisotopic (exact) mass is 253 g/mol. The summed E-state index contributed by atoms with van der Waals surface area (Å²) >= 11 is 0. The summed E-state index contributed by atoms with van der Waals surface area (Å²) in [4.78, 5) is 1.88. The Kier molecular flexibility index (Phi) is 5.42. The van der Waals surface area contributed by atoms with Crippen LogP contribution in [0.5, 0.6) is 0 Å². The molecule has 1 rings (SSSR count). The summed E-state index contributed by atoms with van der Waals surface area (Å²) in [6.07, 6.45) is 3.31. The Bertz CT molecular complexity index is 421. The van der Waals surface area contributed by atoms with Gasteiger partial charge in [0.05, 0.1) is 5.69 Å². The number of rotatable bonds is 6. The van der Waals surface area contributed by atoms with Crippen molar-refractivity contribution in [1.29, 1.82) is 0 Å². The van der Waals surface area contributed by atoms with E-state index in [1.165, 1.54) is 6.07 Å². The number of nitrogens with zero attached hydrogens (tertiary/aromatic N) is 2. The van der Waals surface area contributed by atoms with Crippen LogP contribution in [-0.4, -0.2) is 24.6 Å². The molecule has 18 heavy (non-hydrogen) atoms. The van der Waals surface area contributed by atoms with E-state index < -0.39 is 0 Å². The first kappa shape index (κ1) is 14.3. The third-order valence-corrected chi connectivity index (χ3v) is 2.86. The Labute approximate surface area is 107 Å². The third kappa shape index (κ3) is 3.61. The molecule has 0 amide bonds. The van der Waals surface area contributed by atoms with Gasteiger partial charge in [-0.15, -0.1) is 0 Å². The first-order chi connectivity index (χ1) is 8.60. The largest absolute Gasteiger partial charge is 0.409 e. The van der Waals surface area contributed by atoms with Crippen molar-refractivity contribution in [2.45, 2.75) is 26.2 Å². The number of hydrogen-bond donors (Lipinski definition) is 2. The van der Waals surface area contributed by atoms with Crippen molar-refractivity contribution in [3.8, 4) is 0 Å². The molecule has 0 fully saturated rings. The number of anilines is 1. The van der Waals surface area contributed by atoms with Crippen LogP contribution in [0.25, 0.3) is 0 Å². The minimum atomic E-state index is -0.363. The van der Waals surface area contributed by atoms with Gasteiger partial charge in [0.2, 0.25) is 0 Å². The van der Waals surface area contributed by atoms with E-state index in [4.69, 9.17) is 10.9 Å². The topological polar surface area (TPSA) is 61.8 Å². The Hall–Kier alpha value is -1.78. The lowest BCUT2D eigenvalue weighted by molar-refractivity contribution is 0.318. The average molecular weight is 253 g/mol. The standard InChI is InChI=1S/C13H20FN3O/c1-3-4-5-8-17(2)12-7-6-10(9-11(12)14)13(15)16-18/h6-7,9,18H,3-5,8H2,1-2H3,(H2,15,16). The number of nitrogens with two attached hydrogens (primary N) is 1. The molecule has 5 heteroatoms. The summed E-state index contributed by atoms with van der Waals surface area (Å²) in [5.74, 6) is -0.452. The van der Waals surface area contributed by atoms with Gasteiger partial charge in [0.25, 0.3) is 0 Å². The lowest BCUT2D eigenvalue weighted by Crippen LogP contribution is -2.20. The number of halogens is 1. The SMILES string of the molecule is CCCCCN(C)c1ccc(/C(N)=N/O)cc1F. The summed E-state index contributed by atoms with van der Waals surface area (Å²) in [7, 11) is 1.86. The van der Waals surface area contributed by atoms with Crippen LogP contribution in [0.15, 0.2) is 23.4 Å². The van der Waals surface area contributed by atoms with Gasteiger partial charge in [-0.25, -0.2) is 4.39 Å². The van der Waals surface area contributed by atoms with Crippen molar-refractivity contribution >= 4 is 11.5 Å². The molecule has 0 unspecified atom stereocenters. The molecular weight excluding hydrogens is 233 g/mol. The second kappa shape index (κ2) is 6.83. The normalized spacial score (nSPS) is 11.6. The second-order valence-electron chi connectivity index (χ2n) is 4.28. The smallest absolute Gasteiger partial charge is 0.170 e. The molecule has 0 aromatic heterocycles. The Morgan fingerprint density at radius 3 is 2.72 bits per heavy atom. The van der Waals surface area contributed by atoms with Crippen LogP contribution >= 0.6 is 0 Å². The highest BCUT2D eigenvalue weighted by molar-refractivity contribution is 5.97. The van der Waals surface area contributed by atoms with Crippen LogP contribution in [0.2, 0.25) is 0 Å². The quantitative estimate of drug-likeness (QED) is 0.269. The van der Waals surface area contributed by atoms with Gasteiger partial charge in [0, 0.05) is 19.2 Å². The lowest BCUT2D eigenvalue weighted by Gasteiger charge is -2.20. The zero-order valence-corrected chi connectivity index (χ0v) is 10.9. The van der Waals surface area contributed by atoms with Crippen molar-refractivity contribution in [3.63, 3.8) is 0 Å². The van der Waals surface area contributed by atoms with Gasteiger partial charge in [0.1, 0.15) is 5.82 Å². The number of benzene rings is 1. The number of oxime groups is 1. The molecule has 0 aliphatic carbocycles. The fourth-order valence-electron chi connectivity index (χ4n) is 1.75. The van der Waals surface area contributed by atoms with Crippen molar-refractivity contribution in [3.05, 3.63) is 29.6 Å². The first-order valence-electron chi connectivity index (χ1n) is 6.08. The van der Waals surface area contributed by atoms with Crippen molar-refractivity contribution in [1.82, 2.24) is 0 Å². The molecule has 1 aromatic carbocycles. The van der Waals surface area contributed by atoms with E-state index in [1.54, 1.807) is 12.1 Å². The molecule has 0 atom stereocenters. The van der Waals surface area contributed by atoms with Gasteiger partial charge in [0.15, 0.2) is 5.84 Å². The maximum absolute atomic E-state index is 13.9. The van der Waals surface area contributed by atoms with Gasteiger partial charge in [-0.2, -0.15) is 0 Å². The highest BCUT2D eigenvalue weighted by atomic mass is 19.1. The molecule has 0 aliphatic rings. The zero-order valence-electron chi connectivity index (χ0n) is 10.9.